The lowest BCUT2D eigenvalue weighted by Gasteiger charge is -2.18. The Morgan fingerprint density at radius 1 is 1.35 bits per heavy atom. The van der Waals surface area contributed by atoms with Crippen LogP contribution in [0.1, 0.15) is 5.56 Å². The smallest absolute Gasteiger partial charge is 0.221 e. The van der Waals surface area contributed by atoms with Gasteiger partial charge >= 0.3 is 0 Å². The molecule has 0 aliphatic carbocycles. The van der Waals surface area contributed by atoms with Crippen molar-refractivity contribution >= 4 is 33.4 Å². The van der Waals surface area contributed by atoms with E-state index in [4.69, 9.17) is 5.73 Å². The van der Waals surface area contributed by atoms with E-state index in [2.05, 4.69) is 42.9 Å². The van der Waals surface area contributed by atoms with E-state index >= 15 is 0 Å². The number of fused-ring (bicyclic) bond motifs is 1. The van der Waals surface area contributed by atoms with Gasteiger partial charge in [0.2, 0.25) is 5.95 Å². The maximum absolute atomic E-state index is 5.64. The number of hydrogen-bond donors (Lipinski definition) is 1. The molecule has 0 radical (unpaired) electrons. The Bertz CT molecular complexity index is 570. The van der Waals surface area contributed by atoms with Crippen LogP contribution in [0.25, 0.3) is 0 Å². The summed E-state index contributed by atoms with van der Waals surface area (Å²) in [4.78, 5) is 10.5. The van der Waals surface area contributed by atoms with E-state index in [-0.39, 0.29) is 0 Å². The topological polar surface area (TPSA) is 55.0 Å². The molecule has 3 rings (SSSR count). The highest BCUT2D eigenvalue weighted by Gasteiger charge is 2.22. The quantitative estimate of drug-likeness (QED) is 0.877. The van der Waals surface area contributed by atoms with Gasteiger partial charge in [-0.3, -0.25) is 0 Å². The highest BCUT2D eigenvalue weighted by Crippen LogP contribution is 2.33. The number of anilines is 3. The van der Waals surface area contributed by atoms with Crippen LogP contribution in [0.4, 0.5) is 17.5 Å². The van der Waals surface area contributed by atoms with Crippen molar-refractivity contribution in [2.75, 3.05) is 17.2 Å². The number of halogens is 1. The number of hydrogen-bond acceptors (Lipinski definition) is 4. The first-order valence-electron chi connectivity index (χ1n) is 5.38. The van der Waals surface area contributed by atoms with Crippen LogP contribution < -0.4 is 10.6 Å². The molecule has 4 nitrogen and oxygen atoms in total. The molecule has 0 spiro atoms. The van der Waals surface area contributed by atoms with E-state index in [0.29, 0.717) is 5.95 Å². The Balaban J connectivity index is 2.06. The van der Waals surface area contributed by atoms with Crippen molar-refractivity contribution in [3.8, 4) is 0 Å². The Labute approximate surface area is 108 Å². The van der Waals surface area contributed by atoms with E-state index in [1.54, 1.807) is 0 Å². The second-order valence-corrected chi connectivity index (χ2v) is 4.87. The third kappa shape index (κ3) is 1.86. The molecule has 0 saturated heterocycles. The van der Waals surface area contributed by atoms with Crippen molar-refractivity contribution in [3.63, 3.8) is 0 Å². The van der Waals surface area contributed by atoms with E-state index in [1.807, 2.05) is 18.3 Å². The van der Waals surface area contributed by atoms with E-state index in [9.17, 15) is 0 Å². The molecule has 2 heterocycles. The van der Waals surface area contributed by atoms with Crippen LogP contribution in [0.5, 0.6) is 0 Å². The van der Waals surface area contributed by atoms with Crippen LogP contribution in [0.2, 0.25) is 0 Å². The van der Waals surface area contributed by atoms with Crippen LogP contribution >= 0.6 is 15.9 Å². The molecule has 0 bridgehead atoms. The normalized spacial score (nSPS) is 13.8. The third-order valence-corrected chi connectivity index (χ3v) is 3.33. The van der Waals surface area contributed by atoms with Crippen LogP contribution in [0, 0.1) is 0 Å². The first-order chi connectivity index (χ1) is 8.24. The molecule has 0 amide bonds. The molecule has 86 valence electrons. The zero-order valence-corrected chi connectivity index (χ0v) is 10.7. The number of rotatable bonds is 1. The standard InChI is InChI=1S/C12H11BrN4/c13-9-2-1-3-10(6-9)17-5-4-8-7-15-12(14)16-11(8)17/h1-3,6-7H,4-5H2,(H2,14,15,16). The van der Waals surface area contributed by atoms with Crippen molar-refractivity contribution < 1.29 is 0 Å². The number of aromatic nitrogens is 2. The number of nitrogens with zero attached hydrogens (tertiary/aromatic N) is 3. The van der Waals surface area contributed by atoms with E-state index in [0.717, 1.165) is 34.5 Å². The summed E-state index contributed by atoms with van der Waals surface area (Å²) < 4.78 is 1.06. The summed E-state index contributed by atoms with van der Waals surface area (Å²) in [6.45, 7) is 0.921. The molecule has 0 saturated carbocycles. The van der Waals surface area contributed by atoms with Crippen LogP contribution in [-0.4, -0.2) is 16.5 Å². The van der Waals surface area contributed by atoms with Gasteiger partial charge in [-0.15, -0.1) is 0 Å². The molecule has 0 fully saturated rings. The molecule has 0 atom stereocenters. The third-order valence-electron chi connectivity index (χ3n) is 2.84. The number of nitrogens with two attached hydrogens (primary N) is 1. The molecule has 5 heteroatoms. The Morgan fingerprint density at radius 3 is 3.06 bits per heavy atom. The highest BCUT2D eigenvalue weighted by molar-refractivity contribution is 9.10. The Kier molecular flexibility index (Phi) is 2.48. The molecule has 1 aliphatic heterocycles. The fourth-order valence-electron chi connectivity index (χ4n) is 2.05. The Hall–Kier alpha value is -1.62. The summed E-state index contributed by atoms with van der Waals surface area (Å²) >= 11 is 3.48. The predicted molar refractivity (Wildman–Crippen MR) is 71.3 cm³/mol. The molecule has 17 heavy (non-hydrogen) atoms. The SMILES string of the molecule is Nc1ncc2c(n1)N(c1cccc(Br)c1)CC2. The maximum atomic E-state index is 5.64. The molecular weight excluding hydrogens is 280 g/mol. The van der Waals surface area contributed by atoms with E-state index < -0.39 is 0 Å². The average Bonchev–Trinajstić information content (AvgIpc) is 2.71. The van der Waals surface area contributed by atoms with Crippen molar-refractivity contribution in [2.45, 2.75) is 6.42 Å². The average molecular weight is 291 g/mol. The van der Waals surface area contributed by atoms with Gasteiger partial charge < -0.3 is 10.6 Å². The summed E-state index contributed by atoms with van der Waals surface area (Å²) in [5.74, 6) is 1.25. The molecule has 2 N–H and O–H groups in total. The first kappa shape index (κ1) is 10.5. The number of benzene rings is 1. The van der Waals surface area contributed by atoms with Gasteiger partial charge in [0.05, 0.1) is 0 Å². The molecular formula is C12H11BrN4. The predicted octanol–water partition coefficient (Wildman–Crippen LogP) is 2.52. The lowest BCUT2D eigenvalue weighted by atomic mass is 10.3. The molecule has 1 aliphatic rings. The molecule has 2 aromatic rings. The Morgan fingerprint density at radius 2 is 2.24 bits per heavy atom. The van der Waals surface area contributed by atoms with Gasteiger partial charge in [0.25, 0.3) is 0 Å². The zero-order chi connectivity index (χ0) is 11.8. The van der Waals surface area contributed by atoms with Gasteiger partial charge in [0.15, 0.2) is 0 Å². The van der Waals surface area contributed by atoms with Gasteiger partial charge in [-0.1, -0.05) is 22.0 Å². The van der Waals surface area contributed by atoms with Crippen LogP contribution in [-0.2, 0) is 6.42 Å². The number of nitrogen functional groups attached to an aromatic ring is 1. The lowest BCUT2D eigenvalue weighted by Crippen LogP contribution is -2.14. The summed E-state index contributed by atoms with van der Waals surface area (Å²) in [6, 6.07) is 8.17. The van der Waals surface area contributed by atoms with Gasteiger partial charge in [-0.25, -0.2) is 4.98 Å². The zero-order valence-electron chi connectivity index (χ0n) is 9.10. The van der Waals surface area contributed by atoms with Crippen molar-refractivity contribution in [1.82, 2.24) is 9.97 Å². The first-order valence-corrected chi connectivity index (χ1v) is 6.18. The molecule has 1 aromatic carbocycles. The maximum Gasteiger partial charge on any atom is 0.221 e. The molecule has 0 unspecified atom stereocenters. The fraction of sp³-hybridized carbons (Fsp3) is 0.167. The minimum absolute atomic E-state index is 0.325. The van der Waals surface area contributed by atoms with Gasteiger partial charge in [-0.05, 0) is 24.6 Å². The van der Waals surface area contributed by atoms with Crippen LogP contribution in [0.3, 0.4) is 0 Å². The second kappa shape index (κ2) is 4.00. The highest BCUT2D eigenvalue weighted by atomic mass is 79.9. The van der Waals surface area contributed by atoms with Crippen molar-refractivity contribution in [3.05, 3.63) is 40.5 Å². The largest absolute Gasteiger partial charge is 0.368 e. The summed E-state index contributed by atoms with van der Waals surface area (Å²) in [5.41, 5.74) is 7.92. The minimum Gasteiger partial charge on any atom is -0.368 e. The summed E-state index contributed by atoms with van der Waals surface area (Å²) in [7, 11) is 0. The monoisotopic (exact) mass is 290 g/mol. The fourth-order valence-corrected chi connectivity index (χ4v) is 2.44. The van der Waals surface area contributed by atoms with Gasteiger partial charge in [0, 0.05) is 28.5 Å². The minimum atomic E-state index is 0.325. The van der Waals surface area contributed by atoms with Gasteiger partial charge in [0.1, 0.15) is 5.82 Å². The van der Waals surface area contributed by atoms with E-state index in [1.165, 1.54) is 0 Å². The van der Waals surface area contributed by atoms with Crippen LogP contribution in [0.15, 0.2) is 34.9 Å². The summed E-state index contributed by atoms with van der Waals surface area (Å²) in [5, 5.41) is 0. The van der Waals surface area contributed by atoms with Gasteiger partial charge in [-0.2, -0.15) is 4.98 Å². The van der Waals surface area contributed by atoms with Crippen molar-refractivity contribution in [2.24, 2.45) is 0 Å². The second-order valence-electron chi connectivity index (χ2n) is 3.96. The summed E-state index contributed by atoms with van der Waals surface area (Å²) in [6.07, 6.45) is 2.78. The lowest BCUT2D eigenvalue weighted by molar-refractivity contribution is 0.990. The molecule has 1 aromatic heterocycles. The van der Waals surface area contributed by atoms with Crippen molar-refractivity contribution in [1.29, 1.82) is 0 Å².